The second kappa shape index (κ2) is 5.39. The van der Waals surface area contributed by atoms with Gasteiger partial charge in [-0.15, -0.1) is 0 Å². The Labute approximate surface area is 114 Å². The number of carbonyl (C=O) groups is 2. The first-order valence-corrected chi connectivity index (χ1v) is 7.09. The lowest BCUT2D eigenvalue weighted by Crippen LogP contribution is -2.48. The van der Waals surface area contributed by atoms with Crippen molar-refractivity contribution >= 4 is 12.0 Å². The van der Waals surface area contributed by atoms with Gasteiger partial charge < -0.3 is 15.0 Å². The molecule has 1 atom stereocenters. The third-order valence-electron chi connectivity index (χ3n) is 4.19. The van der Waals surface area contributed by atoms with Crippen LogP contribution in [-0.4, -0.2) is 43.1 Å². The molecule has 5 nitrogen and oxygen atoms in total. The Kier molecular flexibility index (Phi) is 4.02. The molecular weight excluding hydrogens is 244 g/mol. The number of hydrogen-bond donors (Lipinski definition) is 1. The standard InChI is InChI=1S/C14H24N2O3/c1-10(2)8-11(15-13(18)19-3)12(17)16-7-6-14(9-16)4-5-14/h10-11H,4-9H2,1-3H3,(H,15,18). The van der Waals surface area contributed by atoms with E-state index in [2.05, 4.69) is 10.1 Å². The maximum absolute atomic E-state index is 12.5. The summed E-state index contributed by atoms with van der Waals surface area (Å²) < 4.78 is 4.61. The number of nitrogens with one attached hydrogen (secondary N) is 1. The molecule has 2 aliphatic rings. The summed E-state index contributed by atoms with van der Waals surface area (Å²) in [5.41, 5.74) is 0.420. The van der Waals surface area contributed by atoms with Gasteiger partial charge in [-0.1, -0.05) is 13.8 Å². The number of rotatable bonds is 4. The van der Waals surface area contributed by atoms with Crippen molar-refractivity contribution in [1.29, 1.82) is 0 Å². The van der Waals surface area contributed by atoms with E-state index in [0.717, 1.165) is 19.5 Å². The van der Waals surface area contributed by atoms with Crippen molar-refractivity contribution in [1.82, 2.24) is 10.2 Å². The van der Waals surface area contributed by atoms with E-state index in [4.69, 9.17) is 0 Å². The molecule has 2 amide bonds. The van der Waals surface area contributed by atoms with Crippen LogP contribution in [-0.2, 0) is 9.53 Å². The zero-order valence-corrected chi connectivity index (χ0v) is 12.1. The summed E-state index contributed by atoms with van der Waals surface area (Å²) in [7, 11) is 1.32. The lowest BCUT2D eigenvalue weighted by Gasteiger charge is -2.25. The molecule has 19 heavy (non-hydrogen) atoms. The van der Waals surface area contributed by atoms with Gasteiger partial charge in [-0.25, -0.2) is 4.79 Å². The SMILES string of the molecule is COC(=O)NC(CC(C)C)C(=O)N1CCC2(CC2)C1. The van der Waals surface area contributed by atoms with Crippen LogP contribution in [0.5, 0.6) is 0 Å². The van der Waals surface area contributed by atoms with Crippen molar-refractivity contribution in [2.24, 2.45) is 11.3 Å². The van der Waals surface area contributed by atoms with Gasteiger partial charge in [0.2, 0.25) is 5.91 Å². The summed E-state index contributed by atoms with van der Waals surface area (Å²) in [4.78, 5) is 25.8. The monoisotopic (exact) mass is 268 g/mol. The molecule has 1 spiro atoms. The van der Waals surface area contributed by atoms with Crippen LogP contribution >= 0.6 is 0 Å². The molecule has 1 saturated carbocycles. The Morgan fingerprint density at radius 3 is 2.47 bits per heavy atom. The first-order chi connectivity index (χ1) is 8.96. The third-order valence-corrected chi connectivity index (χ3v) is 4.19. The average Bonchev–Trinajstić information content (AvgIpc) is 2.97. The molecule has 1 aliphatic carbocycles. The van der Waals surface area contributed by atoms with E-state index in [-0.39, 0.29) is 5.91 Å². The quantitative estimate of drug-likeness (QED) is 0.845. The molecule has 1 aliphatic heterocycles. The summed E-state index contributed by atoms with van der Waals surface area (Å²) in [5, 5.41) is 2.67. The number of hydrogen-bond acceptors (Lipinski definition) is 3. The Hall–Kier alpha value is -1.26. The molecule has 1 unspecified atom stereocenters. The van der Waals surface area contributed by atoms with E-state index < -0.39 is 12.1 Å². The van der Waals surface area contributed by atoms with Crippen LogP contribution in [0.3, 0.4) is 0 Å². The smallest absolute Gasteiger partial charge is 0.407 e. The summed E-state index contributed by atoms with van der Waals surface area (Å²) in [5.74, 6) is 0.395. The molecule has 5 heteroatoms. The van der Waals surface area contributed by atoms with Gasteiger partial charge in [-0.05, 0) is 37.0 Å². The molecule has 1 heterocycles. The van der Waals surface area contributed by atoms with E-state index in [1.54, 1.807) is 0 Å². The van der Waals surface area contributed by atoms with Crippen molar-refractivity contribution < 1.29 is 14.3 Å². The first kappa shape index (κ1) is 14.2. The number of methoxy groups -OCH3 is 1. The number of alkyl carbamates (subject to hydrolysis) is 1. The predicted octanol–water partition coefficient (Wildman–Crippen LogP) is 1.77. The maximum Gasteiger partial charge on any atom is 0.407 e. The van der Waals surface area contributed by atoms with E-state index in [1.807, 2.05) is 18.7 Å². The third kappa shape index (κ3) is 3.39. The summed E-state index contributed by atoms with van der Waals surface area (Å²) in [6, 6.07) is -0.457. The van der Waals surface area contributed by atoms with E-state index in [9.17, 15) is 9.59 Å². The van der Waals surface area contributed by atoms with E-state index >= 15 is 0 Å². The molecular formula is C14H24N2O3. The van der Waals surface area contributed by atoms with Crippen LogP contribution in [0.4, 0.5) is 4.79 Å². The lowest BCUT2D eigenvalue weighted by molar-refractivity contribution is -0.132. The molecule has 0 bridgehead atoms. The number of ether oxygens (including phenoxy) is 1. The molecule has 1 saturated heterocycles. The summed E-state index contributed by atoms with van der Waals surface area (Å²) in [6.45, 7) is 5.79. The molecule has 1 N–H and O–H groups in total. The van der Waals surface area contributed by atoms with Gasteiger partial charge >= 0.3 is 6.09 Å². The van der Waals surface area contributed by atoms with Crippen LogP contribution in [0, 0.1) is 11.3 Å². The van der Waals surface area contributed by atoms with Crippen molar-refractivity contribution in [3.63, 3.8) is 0 Å². The van der Waals surface area contributed by atoms with Gasteiger partial charge in [0.15, 0.2) is 0 Å². The number of carbonyl (C=O) groups excluding carboxylic acids is 2. The second-order valence-corrected chi connectivity index (χ2v) is 6.33. The van der Waals surface area contributed by atoms with E-state index in [0.29, 0.717) is 17.8 Å². The summed E-state index contributed by atoms with van der Waals surface area (Å²) in [6.07, 6.45) is 3.73. The van der Waals surface area contributed by atoms with Gasteiger partial charge in [-0.2, -0.15) is 0 Å². The van der Waals surface area contributed by atoms with Gasteiger partial charge in [0.25, 0.3) is 0 Å². The normalized spacial score (nSPS) is 21.6. The maximum atomic E-state index is 12.5. The second-order valence-electron chi connectivity index (χ2n) is 6.33. The van der Waals surface area contributed by atoms with Crippen molar-refractivity contribution in [2.75, 3.05) is 20.2 Å². The van der Waals surface area contributed by atoms with Crippen molar-refractivity contribution in [3.8, 4) is 0 Å². The molecule has 0 aromatic rings. The van der Waals surface area contributed by atoms with Gasteiger partial charge in [0.05, 0.1) is 7.11 Å². The Bertz CT molecular complexity index is 364. The van der Waals surface area contributed by atoms with Gasteiger partial charge in [0.1, 0.15) is 6.04 Å². The largest absolute Gasteiger partial charge is 0.453 e. The average molecular weight is 268 g/mol. The molecule has 108 valence electrons. The van der Waals surface area contributed by atoms with E-state index in [1.165, 1.54) is 20.0 Å². The number of likely N-dealkylation sites (tertiary alicyclic amines) is 1. The zero-order chi connectivity index (χ0) is 14.0. The fraction of sp³-hybridized carbons (Fsp3) is 0.857. The number of amides is 2. The lowest BCUT2D eigenvalue weighted by atomic mass is 10.0. The minimum atomic E-state index is -0.528. The van der Waals surface area contributed by atoms with Gasteiger partial charge in [0, 0.05) is 13.1 Å². The van der Waals surface area contributed by atoms with Crippen LogP contribution in [0.25, 0.3) is 0 Å². The van der Waals surface area contributed by atoms with Crippen LogP contribution < -0.4 is 5.32 Å². The zero-order valence-electron chi connectivity index (χ0n) is 12.1. The van der Waals surface area contributed by atoms with Gasteiger partial charge in [-0.3, -0.25) is 4.79 Å². The Morgan fingerprint density at radius 1 is 1.32 bits per heavy atom. The Balaban J connectivity index is 1.96. The summed E-state index contributed by atoms with van der Waals surface area (Å²) >= 11 is 0. The minimum Gasteiger partial charge on any atom is -0.453 e. The molecule has 2 rings (SSSR count). The first-order valence-electron chi connectivity index (χ1n) is 7.09. The highest BCUT2D eigenvalue weighted by Gasteiger charge is 2.49. The van der Waals surface area contributed by atoms with Crippen LogP contribution in [0.15, 0.2) is 0 Å². The molecule has 0 aromatic heterocycles. The molecule has 0 aromatic carbocycles. The topological polar surface area (TPSA) is 58.6 Å². The van der Waals surface area contributed by atoms with Crippen molar-refractivity contribution in [2.45, 2.75) is 45.6 Å². The Morgan fingerprint density at radius 2 is 2.00 bits per heavy atom. The van der Waals surface area contributed by atoms with Crippen LogP contribution in [0.1, 0.15) is 39.5 Å². The molecule has 2 fully saturated rings. The fourth-order valence-electron chi connectivity index (χ4n) is 2.82. The molecule has 0 radical (unpaired) electrons. The van der Waals surface area contributed by atoms with Crippen LogP contribution in [0.2, 0.25) is 0 Å². The fourth-order valence-corrected chi connectivity index (χ4v) is 2.82. The highest BCUT2D eigenvalue weighted by atomic mass is 16.5. The highest BCUT2D eigenvalue weighted by molar-refractivity contribution is 5.86. The minimum absolute atomic E-state index is 0.0443. The predicted molar refractivity (Wildman–Crippen MR) is 71.6 cm³/mol. The number of nitrogens with zero attached hydrogens (tertiary/aromatic N) is 1. The highest BCUT2D eigenvalue weighted by Crippen LogP contribution is 2.52. The van der Waals surface area contributed by atoms with Crippen molar-refractivity contribution in [3.05, 3.63) is 0 Å².